The molecule has 1 aliphatic rings. The number of rotatable bonds is 5. The van der Waals surface area contributed by atoms with Gasteiger partial charge in [0.15, 0.2) is 0 Å². The van der Waals surface area contributed by atoms with Crippen molar-refractivity contribution in [3.63, 3.8) is 0 Å². The van der Waals surface area contributed by atoms with Gasteiger partial charge in [-0.2, -0.15) is 13.2 Å². The van der Waals surface area contributed by atoms with Crippen LogP contribution in [0.4, 0.5) is 13.2 Å². The predicted octanol–water partition coefficient (Wildman–Crippen LogP) is 4.58. The van der Waals surface area contributed by atoms with Crippen LogP contribution in [-0.2, 0) is 12.8 Å². The molecule has 1 saturated carbocycles. The van der Waals surface area contributed by atoms with Crippen LogP contribution in [0.25, 0.3) is 16.7 Å². The molecule has 1 aliphatic carbocycles. The van der Waals surface area contributed by atoms with E-state index in [9.17, 15) is 18.0 Å². The van der Waals surface area contributed by atoms with E-state index in [-0.39, 0.29) is 12.2 Å². The first-order chi connectivity index (χ1) is 14.9. The van der Waals surface area contributed by atoms with Gasteiger partial charge < -0.3 is 9.72 Å². The van der Waals surface area contributed by atoms with Crippen LogP contribution in [0.1, 0.15) is 35.8 Å². The summed E-state index contributed by atoms with van der Waals surface area (Å²) < 4.78 is 44.8. The molecule has 9 heteroatoms. The summed E-state index contributed by atoms with van der Waals surface area (Å²) >= 11 is 0. The number of alkyl halides is 3. The van der Waals surface area contributed by atoms with Gasteiger partial charge >= 0.3 is 6.18 Å². The molecule has 1 N–H and O–H groups in total. The molecule has 3 aromatic heterocycles. The highest BCUT2D eigenvalue weighted by molar-refractivity contribution is 5.77. The molecule has 1 fully saturated rings. The first-order valence-electron chi connectivity index (χ1n) is 9.74. The highest BCUT2D eigenvalue weighted by Gasteiger charge is 2.30. The van der Waals surface area contributed by atoms with Crippen molar-refractivity contribution in [2.75, 3.05) is 0 Å². The lowest BCUT2D eigenvalue weighted by Crippen LogP contribution is -2.16. The van der Waals surface area contributed by atoms with Crippen molar-refractivity contribution >= 4 is 11.0 Å². The highest BCUT2D eigenvalue weighted by Crippen LogP contribution is 2.39. The number of nitrogens with zero attached hydrogens (tertiary/aromatic N) is 3. The Labute approximate surface area is 174 Å². The molecule has 0 atom stereocenters. The van der Waals surface area contributed by atoms with Gasteiger partial charge in [0.1, 0.15) is 18.2 Å². The van der Waals surface area contributed by atoms with E-state index in [2.05, 4.69) is 15.0 Å². The number of fused-ring (bicyclic) bond motifs is 1. The van der Waals surface area contributed by atoms with E-state index in [0.717, 1.165) is 42.0 Å². The van der Waals surface area contributed by atoms with Gasteiger partial charge in [-0.05, 0) is 49.2 Å². The molecular formula is C22H17F3N4O2. The largest absolute Gasteiger partial charge is 0.487 e. The van der Waals surface area contributed by atoms with Gasteiger partial charge in [0, 0.05) is 24.4 Å². The summed E-state index contributed by atoms with van der Waals surface area (Å²) in [6, 6.07) is 10.7. The van der Waals surface area contributed by atoms with Crippen LogP contribution >= 0.6 is 0 Å². The SMILES string of the molecule is O=c1cc(OCc2ccc(C(F)(F)F)cn2)ccn1-c1ccc2nc(C3CC3)[nH]c2c1. The molecule has 0 bridgehead atoms. The first-order valence-corrected chi connectivity index (χ1v) is 9.74. The number of H-pyrrole nitrogens is 1. The van der Waals surface area contributed by atoms with Crippen LogP contribution in [0.2, 0.25) is 0 Å². The van der Waals surface area contributed by atoms with Crippen LogP contribution in [0, 0.1) is 0 Å². The third-order valence-corrected chi connectivity index (χ3v) is 5.16. The maximum Gasteiger partial charge on any atom is 0.417 e. The van der Waals surface area contributed by atoms with E-state index in [1.807, 2.05) is 18.2 Å². The van der Waals surface area contributed by atoms with Crippen LogP contribution in [0.15, 0.2) is 59.7 Å². The molecule has 3 heterocycles. The van der Waals surface area contributed by atoms with Crippen molar-refractivity contribution < 1.29 is 17.9 Å². The number of halogens is 3. The lowest BCUT2D eigenvalue weighted by molar-refractivity contribution is -0.137. The second-order valence-electron chi connectivity index (χ2n) is 7.49. The highest BCUT2D eigenvalue weighted by atomic mass is 19.4. The fourth-order valence-electron chi connectivity index (χ4n) is 3.32. The predicted molar refractivity (Wildman–Crippen MR) is 107 cm³/mol. The lowest BCUT2D eigenvalue weighted by atomic mass is 10.2. The summed E-state index contributed by atoms with van der Waals surface area (Å²) in [5.74, 6) is 1.80. The minimum atomic E-state index is -4.43. The molecule has 31 heavy (non-hydrogen) atoms. The zero-order valence-electron chi connectivity index (χ0n) is 16.2. The molecule has 4 aromatic rings. The zero-order valence-corrected chi connectivity index (χ0v) is 16.2. The molecule has 0 amide bonds. The molecule has 1 aromatic carbocycles. The molecule has 0 spiro atoms. The Bertz CT molecular complexity index is 1310. The monoisotopic (exact) mass is 426 g/mol. The third kappa shape index (κ3) is 4.03. The number of nitrogens with one attached hydrogen (secondary N) is 1. The van der Waals surface area contributed by atoms with Crippen LogP contribution in [-0.4, -0.2) is 19.5 Å². The van der Waals surface area contributed by atoms with Crippen molar-refractivity contribution in [3.05, 3.63) is 82.3 Å². The third-order valence-electron chi connectivity index (χ3n) is 5.16. The zero-order chi connectivity index (χ0) is 21.6. The Morgan fingerprint density at radius 3 is 2.65 bits per heavy atom. The van der Waals surface area contributed by atoms with Gasteiger partial charge in [0.25, 0.3) is 5.56 Å². The average molecular weight is 426 g/mol. The van der Waals surface area contributed by atoms with E-state index in [4.69, 9.17) is 4.74 Å². The molecule has 0 unspecified atom stereocenters. The topological polar surface area (TPSA) is 72.8 Å². The summed E-state index contributed by atoms with van der Waals surface area (Å²) in [6.45, 7) is -0.0500. The van der Waals surface area contributed by atoms with Gasteiger partial charge in [-0.25, -0.2) is 4.98 Å². The van der Waals surface area contributed by atoms with Crippen molar-refractivity contribution in [1.29, 1.82) is 0 Å². The molecule has 0 radical (unpaired) electrons. The summed E-state index contributed by atoms with van der Waals surface area (Å²) in [5.41, 5.74) is 1.65. The molecule has 0 saturated heterocycles. The van der Waals surface area contributed by atoms with Crippen molar-refractivity contribution in [1.82, 2.24) is 19.5 Å². The van der Waals surface area contributed by atoms with Gasteiger partial charge in [-0.3, -0.25) is 14.3 Å². The minimum Gasteiger partial charge on any atom is -0.487 e. The van der Waals surface area contributed by atoms with E-state index in [1.165, 1.54) is 16.7 Å². The maximum atomic E-state index is 12.6. The maximum absolute atomic E-state index is 12.6. The van der Waals surface area contributed by atoms with E-state index in [0.29, 0.717) is 23.0 Å². The van der Waals surface area contributed by atoms with Gasteiger partial charge in [0.2, 0.25) is 0 Å². The number of hydrogen-bond donors (Lipinski definition) is 1. The van der Waals surface area contributed by atoms with E-state index >= 15 is 0 Å². The number of ether oxygens (including phenoxy) is 1. The van der Waals surface area contributed by atoms with Crippen LogP contribution < -0.4 is 10.3 Å². The first kappa shape index (κ1) is 19.3. The molecular weight excluding hydrogens is 409 g/mol. The van der Waals surface area contributed by atoms with Crippen molar-refractivity contribution in [2.45, 2.75) is 31.5 Å². The van der Waals surface area contributed by atoms with E-state index < -0.39 is 11.7 Å². The van der Waals surface area contributed by atoms with Gasteiger partial charge in [-0.1, -0.05) is 0 Å². The molecule has 158 valence electrons. The second-order valence-corrected chi connectivity index (χ2v) is 7.49. The number of aromatic nitrogens is 4. The van der Waals surface area contributed by atoms with Crippen molar-refractivity contribution in [3.8, 4) is 11.4 Å². The molecule has 5 rings (SSSR count). The van der Waals surface area contributed by atoms with Crippen LogP contribution in [0.3, 0.4) is 0 Å². The number of aromatic amines is 1. The number of hydrogen-bond acceptors (Lipinski definition) is 4. The number of pyridine rings is 2. The number of imidazole rings is 1. The van der Waals surface area contributed by atoms with Gasteiger partial charge in [-0.15, -0.1) is 0 Å². The fourth-order valence-corrected chi connectivity index (χ4v) is 3.32. The Balaban J connectivity index is 1.31. The Hall–Kier alpha value is -3.62. The lowest BCUT2D eigenvalue weighted by Gasteiger charge is -2.10. The summed E-state index contributed by atoms with van der Waals surface area (Å²) in [7, 11) is 0. The summed E-state index contributed by atoms with van der Waals surface area (Å²) in [4.78, 5) is 24.2. The minimum absolute atomic E-state index is 0.0500. The normalized spacial score (nSPS) is 14.2. The molecule has 0 aliphatic heterocycles. The summed E-state index contributed by atoms with van der Waals surface area (Å²) in [5, 5.41) is 0. The summed E-state index contributed by atoms with van der Waals surface area (Å²) in [6.07, 6.45) is 0.217. The number of benzene rings is 1. The second kappa shape index (κ2) is 7.26. The smallest absolute Gasteiger partial charge is 0.417 e. The fraction of sp³-hybridized carbons (Fsp3) is 0.227. The van der Waals surface area contributed by atoms with E-state index in [1.54, 1.807) is 12.3 Å². The quantitative estimate of drug-likeness (QED) is 0.507. The van der Waals surface area contributed by atoms with Gasteiger partial charge in [0.05, 0.1) is 28.0 Å². The Morgan fingerprint density at radius 2 is 1.97 bits per heavy atom. The van der Waals surface area contributed by atoms with Crippen LogP contribution in [0.5, 0.6) is 5.75 Å². The Kier molecular flexibility index (Phi) is 4.53. The average Bonchev–Trinajstić information content (AvgIpc) is 3.51. The molecule has 6 nitrogen and oxygen atoms in total. The Morgan fingerprint density at radius 1 is 1.13 bits per heavy atom. The van der Waals surface area contributed by atoms with Crippen molar-refractivity contribution in [2.24, 2.45) is 0 Å². The standard InChI is InChI=1S/C22H17F3N4O2/c23-22(24,25)14-3-4-15(26-11-14)12-31-17-7-8-29(20(30)10-17)16-5-6-18-19(9-16)28-21(27-18)13-1-2-13/h3-11,13H,1-2,12H2,(H,27,28).